The molecule has 3 heterocycles. The summed E-state index contributed by atoms with van der Waals surface area (Å²) in [5, 5.41) is 3.56. The number of nitrogens with two attached hydrogens (primary N) is 1. The van der Waals surface area contributed by atoms with Crippen molar-refractivity contribution in [1.29, 1.82) is 0 Å². The molecule has 0 spiro atoms. The molecule has 0 radical (unpaired) electrons. The molecule has 3 N–H and O–H groups in total. The van der Waals surface area contributed by atoms with E-state index in [0.717, 1.165) is 44.5 Å². The summed E-state index contributed by atoms with van der Waals surface area (Å²) in [5.41, 5.74) is 5.92. The normalized spacial score (nSPS) is 23.0. The van der Waals surface area contributed by atoms with E-state index < -0.39 is 0 Å². The lowest BCUT2D eigenvalue weighted by molar-refractivity contribution is 0.122. The first-order valence-electron chi connectivity index (χ1n) is 8.70. The van der Waals surface area contributed by atoms with Crippen molar-refractivity contribution in [1.82, 2.24) is 14.9 Å². The van der Waals surface area contributed by atoms with Gasteiger partial charge < -0.3 is 25.6 Å². The average Bonchev–Trinajstić information content (AvgIpc) is 2.56. The highest BCUT2D eigenvalue weighted by Gasteiger charge is 2.20. The summed E-state index contributed by atoms with van der Waals surface area (Å²) in [6.07, 6.45) is 3.61. The predicted octanol–water partition coefficient (Wildman–Crippen LogP) is 1.18. The number of ether oxygens (including phenoxy) is 1. The molecule has 0 aliphatic carbocycles. The van der Waals surface area contributed by atoms with Crippen molar-refractivity contribution in [3.8, 4) is 0 Å². The molecule has 2 aliphatic heterocycles. The molecule has 3 rings (SSSR count). The highest BCUT2D eigenvalue weighted by Crippen LogP contribution is 2.21. The van der Waals surface area contributed by atoms with Gasteiger partial charge in [0.2, 0.25) is 5.95 Å². The molecule has 0 unspecified atom stereocenters. The zero-order valence-corrected chi connectivity index (χ0v) is 14.0. The van der Waals surface area contributed by atoms with Crippen molar-refractivity contribution < 1.29 is 4.74 Å². The van der Waals surface area contributed by atoms with Gasteiger partial charge in [0.05, 0.1) is 13.2 Å². The van der Waals surface area contributed by atoms with Crippen LogP contribution in [0.5, 0.6) is 0 Å². The molecule has 23 heavy (non-hydrogen) atoms. The van der Waals surface area contributed by atoms with Crippen molar-refractivity contribution in [3.05, 3.63) is 6.07 Å². The Labute approximate surface area is 138 Å². The minimum atomic E-state index is 0.331. The molecule has 1 atom stereocenters. The summed E-state index contributed by atoms with van der Waals surface area (Å²) in [6, 6.07) is 2.45. The van der Waals surface area contributed by atoms with Gasteiger partial charge in [-0.1, -0.05) is 6.92 Å². The summed E-state index contributed by atoms with van der Waals surface area (Å²) >= 11 is 0. The van der Waals surface area contributed by atoms with E-state index in [1.54, 1.807) is 0 Å². The quantitative estimate of drug-likeness (QED) is 0.843. The highest BCUT2D eigenvalue weighted by molar-refractivity contribution is 5.53. The number of anilines is 3. The maximum atomic E-state index is 5.92. The number of piperidine rings is 1. The Bertz CT molecular complexity index is 503. The molecular formula is C16H28N6O. The Balaban J connectivity index is 1.66. The second-order valence-electron chi connectivity index (χ2n) is 6.35. The van der Waals surface area contributed by atoms with Crippen LogP contribution in [0.15, 0.2) is 6.07 Å². The van der Waals surface area contributed by atoms with Crippen LogP contribution in [0.2, 0.25) is 0 Å². The Hall–Kier alpha value is -1.60. The van der Waals surface area contributed by atoms with Crippen molar-refractivity contribution >= 4 is 17.6 Å². The number of hydrogen-bond donors (Lipinski definition) is 2. The number of hydrogen-bond acceptors (Lipinski definition) is 7. The number of nitrogens with zero attached hydrogens (tertiary/aromatic N) is 4. The fraction of sp³-hybridized carbons (Fsp3) is 0.750. The van der Waals surface area contributed by atoms with Crippen molar-refractivity contribution in [3.63, 3.8) is 0 Å². The summed E-state index contributed by atoms with van der Waals surface area (Å²) in [4.78, 5) is 13.5. The van der Waals surface area contributed by atoms with E-state index in [0.29, 0.717) is 12.0 Å². The number of morpholine rings is 1. The Kier molecular flexibility index (Phi) is 5.51. The van der Waals surface area contributed by atoms with Crippen LogP contribution in [0.3, 0.4) is 0 Å². The van der Waals surface area contributed by atoms with Crippen LogP contribution in [0.1, 0.15) is 26.2 Å². The van der Waals surface area contributed by atoms with E-state index in [4.69, 9.17) is 10.5 Å². The molecule has 0 amide bonds. The highest BCUT2D eigenvalue weighted by atomic mass is 16.5. The maximum Gasteiger partial charge on any atom is 0.223 e. The lowest BCUT2D eigenvalue weighted by Crippen LogP contribution is -2.42. The van der Waals surface area contributed by atoms with Crippen LogP contribution >= 0.6 is 0 Å². The van der Waals surface area contributed by atoms with Gasteiger partial charge in [0.15, 0.2) is 0 Å². The number of nitrogens with one attached hydrogen (secondary N) is 1. The number of likely N-dealkylation sites (tertiary alicyclic amines) is 1. The fourth-order valence-electron chi connectivity index (χ4n) is 3.38. The Morgan fingerprint density at radius 2 is 2.13 bits per heavy atom. The second kappa shape index (κ2) is 7.79. The SMILES string of the molecule is CCCN1CCC[C@@H](Nc2cc(N3CCOCC3)nc(N)n2)C1. The second-order valence-corrected chi connectivity index (χ2v) is 6.35. The molecule has 1 aromatic rings. The van der Waals surface area contributed by atoms with Gasteiger partial charge in [-0.3, -0.25) is 0 Å². The molecule has 2 aliphatic rings. The van der Waals surface area contributed by atoms with E-state index in [1.165, 1.54) is 32.4 Å². The third-order valence-corrected chi connectivity index (χ3v) is 4.46. The molecule has 0 bridgehead atoms. The molecule has 2 saturated heterocycles. The standard InChI is InChI=1S/C16H28N6O/c1-2-5-21-6-3-4-13(12-21)18-14-11-15(20-16(17)19-14)22-7-9-23-10-8-22/h11,13H,2-10,12H2,1H3,(H3,17,18,19,20)/t13-/m1/s1. The number of nitrogen functional groups attached to an aromatic ring is 1. The Morgan fingerprint density at radius 3 is 2.91 bits per heavy atom. The first-order valence-corrected chi connectivity index (χ1v) is 8.70. The fourth-order valence-corrected chi connectivity index (χ4v) is 3.38. The van der Waals surface area contributed by atoms with E-state index in [2.05, 4.69) is 32.0 Å². The van der Waals surface area contributed by atoms with Crippen molar-refractivity contribution in [2.45, 2.75) is 32.2 Å². The number of rotatable bonds is 5. The summed E-state index contributed by atoms with van der Waals surface area (Å²) in [5.74, 6) is 2.06. The van der Waals surface area contributed by atoms with Crippen LogP contribution in [-0.2, 0) is 4.74 Å². The van der Waals surface area contributed by atoms with Gasteiger partial charge in [-0.25, -0.2) is 0 Å². The molecule has 1 aromatic heterocycles. The minimum absolute atomic E-state index is 0.331. The summed E-state index contributed by atoms with van der Waals surface area (Å²) in [6.45, 7) is 8.86. The molecule has 0 aromatic carbocycles. The van der Waals surface area contributed by atoms with Gasteiger partial charge in [0.25, 0.3) is 0 Å². The summed E-state index contributed by atoms with van der Waals surface area (Å²) in [7, 11) is 0. The van der Waals surface area contributed by atoms with Crippen LogP contribution in [-0.4, -0.2) is 66.8 Å². The third kappa shape index (κ3) is 4.45. The van der Waals surface area contributed by atoms with Gasteiger partial charge in [-0.15, -0.1) is 0 Å². The van der Waals surface area contributed by atoms with Gasteiger partial charge in [-0.05, 0) is 32.4 Å². The molecule has 7 nitrogen and oxygen atoms in total. The van der Waals surface area contributed by atoms with E-state index >= 15 is 0 Å². The van der Waals surface area contributed by atoms with Crippen LogP contribution in [0, 0.1) is 0 Å². The lowest BCUT2D eigenvalue weighted by Gasteiger charge is -2.33. The molecule has 2 fully saturated rings. The average molecular weight is 320 g/mol. The van der Waals surface area contributed by atoms with E-state index in [9.17, 15) is 0 Å². The zero-order valence-electron chi connectivity index (χ0n) is 14.0. The third-order valence-electron chi connectivity index (χ3n) is 4.46. The zero-order chi connectivity index (χ0) is 16.1. The predicted molar refractivity (Wildman–Crippen MR) is 92.9 cm³/mol. The molecule has 0 saturated carbocycles. The van der Waals surface area contributed by atoms with E-state index in [-0.39, 0.29) is 0 Å². The largest absolute Gasteiger partial charge is 0.378 e. The number of aromatic nitrogens is 2. The van der Waals surface area contributed by atoms with Crippen molar-refractivity contribution in [2.75, 3.05) is 61.9 Å². The molecule has 128 valence electrons. The van der Waals surface area contributed by atoms with Crippen LogP contribution in [0.25, 0.3) is 0 Å². The monoisotopic (exact) mass is 320 g/mol. The first-order chi connectivity index (χ1) is 11.2. The van der Waals surface area contributed by atoms with Gasteiger partial charge in [0, 0.05) is 31.7 Å². The smallest absolute Gasteiger partial charge is 0.223 e. The minimum Gasteiger partial charge on any atom is -0.378 e. The summed E-state index contributed by atoms with van der Waals surface area (Å²) < 4.78 is 5.40. The Morgan fingerprint density at radius 1 is 1.30 bits per heavy atom. The topological polar surface area (TPSA) is 79.5 Å². The van der Waals surface area contributed by atoms with Gasteiger partial charge in [-0.2, -0.15) is 9.97 Å². The maximum absolute atomic E-state index is 5.92. The first kappa shape index (κ1) is 16.3. The van der Waals surface area contributed by atoms with Crippen LogP contribution < -0.4 is 16.0 Å². The van der Waals surface area contributed by atoms with Crippen LogP contribution in [0.4, 0.5) is 17.6 Å². The van der Waals surface area contributed by atoms with E-state index in [1.807, 2.05) is 6.07 Å². The molecular weight excluding hydrogens is 292 g/mol. The van der Waals surface area contributed by atoms with Gasteiger partial charge in [0.1, 0.15) is 11.6 Å². The van der Waals surface area contributed by atoms with Gasteiger partial charge >= 0.3 is 0 Å². The van der Waals surface area contributed by atoms with Crippen molar-refractivity contribution in [2.24, 2.45) is 0 Å². The lowest BCUT2D eigenvalue weighted by atomic mass is 10.1. The molecule has 7 heteroatoms.